The molecule has 2 atom stereocenters. The van der Waals surface area contributed by atoms with E-state index in [2.05, 4.69) is 27.7 Å². The smallest absolute Gasteiger partial charge is 0.171 e. The second-order valence-corrected chi connectivity index (χ2v) is 9.81. The Morgan fingerprint density at radius 3 is 2.16 bits per heavy atom. The minimum absolute atomic E-state index is 0.270. The van der Waals surface area contributed by atoms with Crippen LogP contribution in [0.5, 0.6) is 28.7 Å². The minimum atomic E-state index is 0.270. The Bertz CT molecular complexity index is 971. The van der Waals surface area contributed by atoms with E-state index in [1.54, 1.807) is 13.2 Å². The molecule has 6 heteroatoms. The number of fused-ring (bicyclic) bond motifs is 2. The number of benzene rings is 2. The average molecular weight is 465 g/mol. The molecule has 2 aliphatic heterocycles. The number of methoxy groups -OCH3 is 1. The zero-order valence-electron chi connectivity index (χ0n) is 18.8. The summed E-state index contributed by atoms with van der Waals surface area (Å²) in [6.45, 7) is 10.2. The van der Waals surface area contributed by atoms with Gasteiger partial charge in [0.15, 0.2) is 17.2 Å². The molecule has 4 rings (SSSR count). The highest BCUT2D eigenvalue weighted by Crippen LogP contribution is 2.54. The molecule has 2 aromatic carbocycles. The molecular formula is C25H30Cl2O4. The molecule has 0 N–H and O–H groups in total. The van der Waals surface area contributed by atoms with Gasteiger partial charge in [-0.2, -0.15) is 0 Å². The normalized spacial score (nSPS) is 20.0. The summed E-state index contributed by atoms with van der Waals surface area (Å²) in [7, 11) is 1.64. The molecule has 0 radical (unpaired) electrons. The number of hydrogen-bond acceptors (Lipinski definition) is 4. The second-order valence-electron chi connectivity index (χ2n) is 9.00. The van der Waals surface area contributed by atoms with Crippen LogP contribution in [0, 0.1) is 11.8 Å². The molecule has 2 aromatic rings. The molecule has 2 unspecified atom stereocenters. The van der Waals surface area contributed by atoms with Gasteiger partial charge in [-0.05, 0) is 48.6 Å². The SMILES string of the molecule is COc1c(Cl)cc(Oc2c(Cl)ccc3c2C(C(C)C)CCO3)c2c1C(C(C)C)CCO2. The third-order valence-corrected chi connectivity index (χ3v) is 7.00. The predicted molar refractivity (Wildman–Crippen MR) is 125 cm³/mol. The largest absolute Gasteiger partial charge is 0.495 e. The summed E-state index contributed by atoms with van der Waals surface area (Å²) in [4.78, 5) is 0. The molecule has 168 valence electrons. The van der Waals surface area contributed by atoms with Crippen molar-refractivity contribution in [2.45, 2.75) is 52.4 Å². The number of rotatable bonds is 5. The van der Waals surface area contributed by atoms with E-state index in [0.717, 1.165) is 29.7 Å². The Labute approximate surface area is 194 Å². The van der Waals surface area contributed by atoms with Crippen LogP contribution in [0.2, 0.25) is 10.0 Å². The van der Waals surface area contributed by atoms with Gasteiger partial charge in [-0.25, -0.2) is 0 Å². The fourth-order valence-corrected chi connectivity index (χ4v) is 5.31. The Morgan fingerprint density at radius 2 is 1.52 bits per heavy atom. The van der Waals surface area contributed by atoms with Crippen LogP contribution in [0.25, 0.3) is 0 Å². The Morgan fingerprint density at radius 1 is 0.871 bits per heavy atom. The second kappa shape index (κ2) is 8.99. The van der Waals surface area contributed by atoms with Crippen molar-refractivity contribution in [1.29, 1.82) is 0 Å². The molecule has 2 aliphatic rings. The highest BCUT2D eigenvalue weighted by atomic mass is 35.5. The van der Waals surface area contributed by atoms with Crippen molar-refractivity contribution in [3.8, 4) is 28.7 Å². The van der Waals surface area contributed by atoms with Gasteiger partial charge in [-0.3, -0.25) is 0 Å². The van der Waals surface area contributed by atoms with Gasteiger partial charge in [0, 0.05) is 17.2 Å². The van der Waals surface area contributed by atoms with E-state index in [1.807, 2.05) is 12.1 Å². The van der Waals surface area contributed by atoms with E-state index in [1.165, 1.54) is 0 Å². The summed E-state index contributed by atoms with van der Waals surface area (Å²) in [5.74, 6) is 4.78. The first kappa shape index (κ1) is 22.4. The molecule has 0 fully saturated rings. The van der Waals surface area contributed by atoms with Gasteiger partial charge in [0.05, 0.1) is 30.4 Å². The monoisotopic (exact) mass is 464 g/mol. The number of hydrogen-bond donors (Lipinski definition) is 0. The maximum atomic E-state index is 6.66. The summed E-state index contributed by atoms with van der Waals surface area (Å²) in [5.41, 5.74) is 1.99. The van der Waals surface area contributed by atoms with Gasteiger partial charge in [0.1, 0.15) is 11.5 Å². The zero-order valence-corrected chi connectivity index (χ0v) is 20.3. The highest BCUT2D eigenvalue weighted by molar-refractivity contribution is 6.33. The van der Waals surface area contributed by atoms with E-state index >= 15 is 0 Å². The predicted octanol–water partition coefficient (Wildman–Crippen LogP) is 7.84. The fraction of sp³-hybridized carbons (Fsp3) is 0.520. The average Bonchev–Trinajstić information content (AvgIpc) is 2.74. The standard InChI is InChI=1S/C25H30Cl2O4/c1-13(2)15-8-10-29-19-7-6-17(26)24(21(15)19)31-20-12-18(27)23(28-5)22-16(14(3)4)9-11-30-25(20)22/h6-7,12-16H,8-11H2,1-5H3. The molecule has 0 aliphatic carbocycles. The first-order valence-electron chi connectivity index (χ1n) is 11.0. The van der Waals surface area contributed by atoms with Gasteiger partial charge >= 0.3 is 0 Å². The lowest BCUT2D eigenvalue weighted by Crippen LogP contribution is -2.20. The lowest BCUT2D eigenvalue weighted by Gasteiger charge is -2.33. The summed E-state index contributed by atoms with van der Waals surface area (Å²) in [6.07, 6.45) is 1.83. The lowest BCUT2D eigenvalue weighted by atomic mass is 9.83. The van der Waals surface area contributed by atoms with Crippen molar-refractivity contribution in [3.05, 3.63) is 39.4 Å². The van der Waals surface area contributed by atoms with E-state index < -0.39 is 0 Å². The van der Waals surface area contributed by atoms with Crippen molar-refractivity contribution in [3.63, 3.8) is 0 Å². The van der Waals surface area contributed by atoms with Gasteiger partial charge in [-0.15, -0.1) is 0 Å². The van der Waals surface area contributed by atoms with Crippen molar-refractivity contribution in [2.75, 3.05) is 20.3 Å². The highest BCUT2D eigenvalue weighted by Gasteiger charge is 2.34. The van der Waals surface area contributed by atoms with Gasteiger partial charge < -0.3 is 18.9 Å². The third kappa shape index (κ3) is 4.05. The van der Waals surface area contributed by atoms with Crippen molar-refractivity contribution in [2.24, 2.45) is 11.8 Å². The molecule has 31 heavy (non-hydrogen) atoms. The number of halogens is 2. The van der Waals surface area contributed by atoms with Gasteiger partial charge in [0.25, 0.3) is 0 Å². The molecule has 4 nitrogen and oxygen atoms in total. The third-order valence-electron chi connectivity index (χ3n) is 6.42. The summed E-state index contributed by atoms with van der Waals surface area (Å²) >= 11 is 13.3. The maximum absolute atomic E-state index is 6.66. The Balaban J connectivity index is 1.87. The van der Waals surface area contributed by atoms with E-state index in [4.69, 9.17) is 42.1 Å². The molecule has 0 spiro atoms. The molecule has 0 saturated carbocycles. The number of ether oxygens (including phenoxy) is 4. The van der Waals surface area contributed by atoms with Crippen molar-refractivity contribution < 1.29 is 18.9 Å². The van der Waals surface area contributed by atoms with Crippen LogP contribution in [0.4, 0.5) is 0 Å². The topological polar surface area (TPSA) is 36.9 Å². The minimum Gasteiger partial charge on any atom is -0.495 e. The maximum Gasteiger partial charge on any atom is 0.171 e. The van der Waals surface area contributed by atoms with Crippen molar-refractivity contribution >= 4 is 23.2 Å². The van der Waals surface area contributed by atoms with E-state index in [9.17, 15) is 0 Å². The molecular weight excluding hydrogens is 435 g/mol. The molecule has 0 aromatic heterocycles. The first-order valence-corrected chi connectivity index (χ1v) is 11.7. The lowest BCUT2D eigenvalue weighted by molar-refractivity contribution is 0.228. The van der Waals surface area contributed by atoms with E-state index in [0.29, 0.717) is 64.0 Å². The van der Waals surface area contributed by atoms with Crippen LogP contribution in [-0.2, 0) is 0 Å². The summed E-state index contributed by atoms with van der Waals surface area (Å²) in [5, 5.41) is 1.05. The molecule has 0 saturated heterocycles. The first-order chi connectivity index (χ1) is 14.8. The zero-order chi connectivity index (χ0) is 22.3. The van der Waals surface area contributed by atoms with Crippen LogP contribution >= 0.6 is 23.2 Å². The van der Waals surface area contributed by atoms with Crippen LogP contribution in [0.3, 0.4) is 0 Å². The Hall–Kier alpha value is -1.78. The molecule has 0 amide bonds. The van der Waals surface area contributed by atoms with Crippen LogP contribution in [-0.4, -0.2) is 20.3 Å². The molecule has 0 bridgehead atoms. The summed E-state index contributed by atoms with van der Waals surface area (Å²) in [6, 6.07) is 5.53. The molecule has 2 heterocycles. The summed E-state index contributed by atoms with van der Waals surface area (Å²) < 4.78 is 24.3. The quantitative estimate of drug-likeness (QED) is 0.451. The fourth-order valence-electron chi connectivity index (χ4n) is 4.83. The van der Waals surface area contributed by atoms with Crippen LogP contribution in [0.1, 0.15) is 63.5 Å². The van der Waals surface area contributed by atoms with Gasteiger partial charge in [-0.1, -0.05) is 50.9 Å². The van der Waals surface area contributed by atoms with Crippen LogP contribution < -0.4 is 18.9 Å². The Kier molecular flexibility index (Phi) is 6.50. The van der Waals surface area contributed by atoms with E-state index in [-0.39, 0.29) is 5.92 Å². The van der Waals surface area contributed by atoms with Crippen LogP contribution in [0.15, 0.2) is 18.2 Å². The van der Waals surface area contributed by atoms with Gasteiger partial charge in [0.2, 0.25) is 0 Å². The van der Waals surface area contributed by atoms with Crippen molar-refractivity contribution in [1.82, 2.24) is 0 Å².